The van der Waals surface area contributed by atoms with Gasteiger partial charge in [0.1, 0.15) is 0 Å². The van der Waals surface area contributed by atoms with Gasteiger partial charge in [-0.3, -0.25) is 4.90 Å². The number of ether oxygens (including phenoxy) is 3. The van der Waals surface area contributed by atoms with E-state index >= 15 is 0 Å². The van der Waals surface area contributed by atoms with E-state index in [1.165, 1.54) is 16.7 Å². The lowest BCUT2D eigenvalue weighted by molar-refractivity contribution is 0.0587. The Balaban J connectivity index is 1.93. The molecule has 1 aliphatic carbocycles. The van der Waals surface area contributed by atoms with Crippen molar-refractivity contribution in [3.8, 4) is 11.5 Å². The Morgan fingerprint density at radius 1 is 1.12 bits per heavy atom. The molecule has 0 amide bonds. The molecule has 2 heterocycles. The van der Waals surface area contributed by atoms with Crippen molar-refractivity contribution >= 4 is 0 Å². The molecule has 0 fully saturated rings. The Morgan fingerprint density at radius 3 is 2.67 bits per heavy atom. The molecule has 24 heavy (non-hydrogen) atoms. The standard InChI is InChI=1S/C20H25NO3/c1-22-16-7-6-15-8-10-21-9-4-5-14-11-18(23-2)19(24-3)12-17(14)20(15,21)13-16/h6-8,11-12,16H,4-5,9-10,13H2,1-3H3/t16-,20-/m1/s1. The maximum atomic E-state index is 5.70. The normalized spacial score (nSPS) is 28.5. The molecule has 4 rings (SSSR count). The summed E-state index contributed by atoms with van der Waals surface area (Å²) in [6.45, 7) is 2.10. The topological polar surface area (TPSA) is 30.9 Å². The van der Waals surface area contributed by atoms with Crippen LogP contribution in [-0.2, 0) is 16.7 Å². The maximum Gasteiger partial charge on any atom is 0.161 e. The van der Waals surface area contributed by atoms with Gasteiger partial charge in [0.25, 0.3) is 0 Å². The van der Waals surface area contributed by atoms with Gasteiger partial charge >= 0.3 is 0 Å². The number of rotatable bonds is 3. The van der Waals surface area contributed by atoms with E-state index in [1.807, 2.05) is 0 Å². The van der Waals surface area contributed by atoms with Gasteiger partial charge in [-0.05, 0) is 48.2 Å². The molecule has 128 valence electrons. The van der Waals surface area contributed by atoms with Crippen LogP contribution in [0.2, 0.25) is 0 Å². The van der Waals surface area contributed by atoms with Crippen molar-refractivity contribution in [2.75, 3.05) is 34.4 Å². The van der Waals surface area contributed by atoms with Gasteiger partial charge in [-0.25, -0.2) is 0 Å². The van der Waals surface area contributed by atoms with Gasteiger partial charge in [-0.2, -0.15) is 0 Å². The Labute approximate surface area is 143 Å². The molecule has 1 spiro atoms. The van der Waals surface area contributed by atoms with Crippen molar-refractivity contribution in [1.29, 1.82) is 0 Å². The largest absolute Gasteiger partial charge is 0.493 e. The fourth-order valence-corrected chi connectivity index (χ4v) is 4.59. The highest BCUT2D eigenvalue weighted by Gasteiger charge is 2.49. The molecular weight excluding hydrogens is 302 g/mol. The molecule has 0 saturated carbocycles. The van der Waals surface area contributed by atoms with Crippen molar-refractivity contribution in [3.05, 3.63) is 47.1 Å². The van der Waals surface area contributed by atoms with Gasteiger partial charge in [-0.15, -0.1) is 0 Å². The quantitative estimate of drug-likeness (QED) is 0.854. The summed E-state index contributed by atoms with van der Waals surface area (Å²) in [5.41, 5.74) is 4.02. The average molecular weight is 327 g/mol. The third-order valence-corrected chi connectivity index (χ3v) is 5.77. The van der Waals surface area contributed by atoms with Gasteiger partial charge in [0.2, 0.25) is 0 Å². The molecule has 4 nitrogen and oxygen atoms in total. The molecule has 0 radical (unpaired) electrons. The van der Waals surface area contributed by atoms with Crippen LogP contribution in [0.15, 0.2) is 35.9 Å². The van der Waals surface area contributed by atoms with Gasteiger partial charge in [-0.1, -0.05) is 18.2 Å². The number of hydrogen-bond acceptors (Lipinski definition) is 4. The van der Waals surface area contributed by atoms with E-state index < -0.39 is 0 Å². The molecule has 0 aromatic heterocycles. The summed E-state index contributed by atoms with van der Waals surface area (Å²) in [7, 11) is 5.21. The van der Waals surface area contributed by atoms with Crippen LogP contribution in [0.1, 0.15) is 24.0 Å². The molecule has 3 aliphatic rings. The van der Waals surface area contributed by atoms with E-state index in [1.54, 1.807) is 21.3 Å². The van der Waals surface area contributed by atoms with Gasteiger partial charge in [0.15, 0.2) is 11.5 Å². The highest BCUT2D eigenvalue weighted by molar-refractivity contribution is 5.56. The van der Waals surface area contributed by atoms with Crippen LogP contribution in [0.4, 0.5) is 0 Å². The predicted octanol–water partition coefficient (Wildman–Crippen LogP) is 3.06. The number of nitrogens with zero attached hydrogens (tertiary/aromatic N) is 1. The van der Waals surface area contributed by atoms with Crippen molar-refractivity contribution in [1.82, 2.24) is 4.90 Å². The Morgan fingerprint density at radius 2 is 1.92 bits per heavy atom. The van der Waals surface area contributed by atoms with Crippen LogP contribution in [0.25, 0.3) is 0 Å². The van der Waals surface area contributed by atoms with E-state index in [2.05, 4.69) is 35.3 Å². The molecule has 0 saturated heterocycles. The summed E-state index contributed by atoms with van der Waals surface area (Å²) in [6.07, 6.45) is 10.1. The van der Waals surface area contributed by atoms with Crippen LogP contribution in [0.3, 0.4) is 0 Å². The SMILES string of the molecule is COc1cc2c(cc1OC)[C@@]13C[C@H](OC)C=CC1=CCN3CCC2. The zero-order valence-corrected chi connectivity index (χ0v) is 14.7. The first-order valence-corrected chi connectivity index (χ1v) is 8.65. The van der Waals surface area contributed by atoms with Crippen LogP contribution < -0.4 is 9.47 Å². The summed E-state index contributed by atoms with van der Waals surface area (Å²) < 4.78 is 16.9. The molecule has 1 aromatic carbocycles. The molecule has 4 heteroatoms. The predicted molar refractivity (Wildman–Crippen MR) is 93.8 cm³/mol. The molecule has 0 unspecified atom stereocenters. The van der Waals surface area contributed by atoms with Crippen LogP contribution in [0, 0.1) is 0 Å². The molecule has 1 aromatic rings. The second-order valence-electron chi connectivity index (χ2n) is 6.77. The summed E-state index contributed by atoms with van der Waals surface area (Å²) in [5.74, 6) is 1.63. The number of methoxy groups -OCH3 is 3. The Bertz CT molecular complexity index is 709. The number of hydrogen-bond donors (Lipinski definition) is 0. The van der Waals surface area contributed by atoms with Gasteiger partial charge in [0.05, 0.1) is 25.9 Å². The monoisotopic (exact) mass is 327 g/mol. The van der Waals surface area contributed by atoms with Crippen molar-refractivity contribution in [2.45, 2.75) is 30.9 Å². The lowest BCUT2D eigenvalue weighted by Gasteiger charge is -2.44. The van der Waals surface area contributed by atoms with Crippen molar-refractivity contribution in [2.24, 2.45) is 0 Å². The zero-order valence-electron chi connectivity index (χ0n) is 14.7. The molecular formula is C20H25NO3. The van der Waals surface area contributed by atoms with E-state index in [-0.39, 0.29) is 11.6 Å². The molecule has 2 aliphatic heterocycles. The van der Waals surface area contributed by atoms with E-state index in [0.29, 0.717) is 0 Å². The first-order valence-electron chi connectivity index (χ1n) is 8.65. The lowest BCUT2D eigenvalue weighted by atomic mass is 9.74. The maximum absolute atomic E-state index is 5.70. The minimum atomic E-state index is -0.0964. The third kappa shape index (κ3) is 2.13. The minimum Gasteiger partial charge on any atom is -0.493 e. The van der Waals surface area contributed by atoms with Gasteiger partial charge < -0.3 is 14.2 Å². The molecule has 0 N–H and O–H groups in total. The van der Waals surface area contributed by atoms with E-state index in [4.69, 9.17) is 14.2 Å². The summed E-state index contributed by atoms with van der Waals surface area (Å²) in [6, 6.07) is 4.36. The second-order valence-corrected chi connectivity index (χ2v) is 6.77. The fraction of sp³-hybridized carbons (Fsp3) is 0.500. The molecule has 0 bridgehead atoms. The third-order valence-electron chi connectivity index (χ3n) is 5.77. The molecule has 2 atom stereocenters. The lowest BCUT2D eigenvalue weighted by Crippen LogP contribution is -2.47. The number of aryl methyl sites for hydroxylation is 1. The van der Waals surface area contributed by atoms with Crippen molar-refractivity contribution in [3.63, 3.8) is 0 Å². The van der Waals surface area contributed by atoms with Crippen molar-refractivity contribution < 1.29 is 14.2 Å². The first kappa shape index (κ1) is 15.7. The zero-order chi connectivity index (χ0) is 16.7. The summed E-state index contributed by atoms with van der Waals surface area (Å²) in [5, 5.41) is 0. The Kier molecular flexibility index (Phi) is 3.89. The van der Waals surface area contributed by atoms with E-state index in [9.17, 15) is 0 Å². The smallest absolute Gasteiger partial charge is 0.161 e. The number of benzene rings is 1. The van der Waals surface area contributed by atoms with Crippen LogP contribution >= 0.6 is 0 Å². The van der Waals surface area contributed by atoms with E-state index in [0.717, 1.165) is 43.9 Å². The highest BCUT2D eigenvalue weighted by Crippen LogP contribution is 2.51. The van der Waals surface area contributed by atoms with Crippen LogP contribution in [0.5, 0.6) is 11.5 Å². The minimum absolute atomic E-state index is 0.0964. The van der Waals surface area contributed by atoms with Gasteiger partial charge in [0, 0.05) is 20.1 Å². The second kappa shape index (κ2) is 5.94. The van der Waals surface area contributed by atoms with Crippen LogP contribution in [-0.4, -0.2) is 45.4 Å². The summed E-state index contributed by atoms with van der Waals surface area (Å²) >= 11 is 0. The summed E-state index contributed by atoms with van der Waals surface area (Å²) in [4.78, 5) is 2.61. The number of fused-ring (bicyclic) bond motifs is 1. The fourth-order valence-electron chi connectivity index (χ4n) is 4.59. The Hall–Kier alpha value is -1.78. The highest BCUT2D eigenvalue weighted by atomic mass is 16.5. The average Bonchev–Trinajstić information content (AvgIpc) is 2.92. The first-order chi connectivity index (χ1) is 11.7.